The second-order valence-corrected chi connectivity index (χ2v) is 5.17. The molecule has 0 radical (unpaired) electrons. The van der Waals surface area contributed by atoms with Gasteiger partial charge >= 0.3 is 12.1 Å². The number of carbonyl (C=O) groups excluding carboxylic acids is 2. The van der Waals surface area contributed by atoms with E-state index in [2.05, 4.69) is 21.9 Å². The molecule has 0 unspecified atom stereocenters. The van der Waals surface area contributed by atoms with Crippen molar-refractivity contribution < 1.29 is 19.1 Å². The quantitative estimate of drug-likeness (QED) is 0.673. The first-order chi connectivity index (χ1) is 12.2. The van der Waals surface area contributed by atoms with Crippen LogP contribution in [0.15, 0.2) is 54.6 Å². The molecule has 0 heterocycles. The maximum Gasteiger partial charge on any atom is 0.408 e. The zero-order valence-electron chi connectivity index (χ0n) is 14.0. The predicted molar refractivity (Wildman–Crippen MR) is 93.7 cm³/mol. The van der Waals surface area contributed by atoms with E-state index in [0.717, 1.165) is 16.7 Å². The summed E-state index contributed by atoms with van der Waals surface area (Å²) in [5, 5.41) is 2.57. The Morgan fingerprint density at radius 2 is 1.80 bits per heavy atom. The number of amides is 1. The Bertz CT molecular complexity index is 775. The minimum Gasteiger partial charge on any atom is -0.469 e. The van der Waals surface area contributed by atoms with Gasteiger partial charge in [-0.05, 0) is 23.3 Å². The van der Waals surface area contributed by atoms with E-state index in [-0.39, 0.29) is 25.5 Å². The fourth-order valence-corrected chi connectivity index (χ4v) is 2.03. The molecule has 0 saturated heterocycles. The number of rotatable bonds is 5. The zero-order valence-corrected chi connectivity index (χ0v) is 14.0. The van der Waals surface area contributed by atoms with Crippen molar-refractivity contribution in [2.75, 3.05) is 13.7 Å². The molecule has 0 saturated carbocycles. The van der Waals surface area contributed by atoms with Gasteiger partial charge in [0.15, 0.2) is 0 Å². The van der Waals surface area contributed by atoms with Crippen LogP contribution >= 0.6 is 0 Å². The maximum atomic E-state index is 11.6. The van der Waals surface area contributed by atoms with Crippen molar-refractivity contribution in [3.05, 3.63) is 71.3 Å². The molecule has 128 valence electrons. The van der Waals surface area contributed by atoms with Crippen molar-refractivity contribution in [2.45, 2.75) is 13.0 Å². The molecule has 2 rings (SSSR count). The lowest BCUT2D eigenvalue weighted by atomic mass is 10.1. The number of nitrogens with one attached hydrogen (secondary N) is 1. The van der Waals surface area contributed by atoms with Crippen LogP contribution in [0.3, 0.4) is 0 Å². The van der Waals surface area contributed by atoms with E-state index in [9.17, 15) is 9.59 Å². The van der Waals surface area contributed by atoms with Gasteiger partial charge in [-0.2, -0.15) is 0 Å². The van der Waals surface area contributed by atoms with Gasteiger partial charge in [-0.25, -0.2) is 4.79 Å². The van der Waals surface area contributed by atoms with E-state index >= 15 is 0 Å². The molecule has 2 aromatic carbocycles. The SMILES string of the molecule is COC(=O)Cc1cccc(C#CCNC(=O)OCc2ccccc2)c1. The number of carbonyl (C=O) groups is 2. The average molecular weight is 337 g/mol. The summed E-state index contributed by atoms with van der Waals surface area (Å²) in [6.45, 7) is 0.393. The van der Waals surface area contributed by atoms with Crippen LogP contribution in [0.4, 0.5) is 4.79 Å². The molecule has 0 spiro atoms. The summed E-state index contributed by atoms with van der Waals surface area (Å²) in [7, 11) is 1.36. The zero-order chi connectivity index (χ0) is 17.9. The van der Waals surface area contributed by atoms with Crippen LogP contribution in [0, 0.1) is 11.8 Å². The molecule has 0 atom stereocenters. The Hall–Kier alpha value is -3.26. The van der Waals surface area contributed by atoms with E-state index < -0.39 is 6.09 Å². The third kappa shape index (κ3) is 6.80. The van der Waals surface area contributed by atoms with E-state index in [1.54, 1.807) is 0 Å². The first kappa shape index (κ1) is 18.1. The Morgan fingerprint density at radius 1 is 1.04 bits per heavy atom. The summed E-state index contributed by atoms with van der Waals surface area (Å²) in [5.74, 6) is 5.48. The summed E-state index contributed by atoms with van der Waals surface area (Å²) in [4.78, 5) is 22.9. The number of benzene rings is 2. The molecule has 25 heavy (non-hydrogen) atoms. The molecule has 1 N–H and O–H groups in total. The van der Waals surface area contributed by atoms with Crippen molar-refractivity contribution in [1.82, 2.24) is 5.32 Å². The van der Waals surface area contributed by atoms with Crippen molar-refractivity contribution in [3.8, 4) is 11.8 Å². The number of alkyl carbamates (subject to hydrolysis) is 1. The molecule has 0 aliphatic heterocycles. The summed E-state index contributed by atoms with van der Waals surface area (Å²) < 4.78 is 9.72. The molecule has 1 amide bonds. The highest BCUT2D eigenvalue weighted by molar-refractivity contribution is 5.72. The molecule has 0 aromatic heterocycles. The van der Waals surface area contributed by atoms with Crippen molar-refractivity contribution in [1.29, 1.82) is 0 Å². The number of methoxy groups -OCH3 is 1. The highest BCUT2D eigenvalue weighted by Crippen LogP contribution is 2.05. The third-order valence-corrected chi connectivity index (χ3v) is 3.27. The molecular formula is C20H19NO4. The van der Waals surface area contributed by atoms with Gasteiger partial charge in [0, 0.05) is 5.56 Å². The number of hydrogen-bond acceptors (Lipinski definition) is 4. The molecule has 0 aliphatic carbocycles. The summed E-state index contributed by atoms with van der Waals surface area (Å²) in [6.07, 6.45) is -0.312. The second kappa shape index (κ2) is 9.78. The molecule has 0 bridgehead atoms. The first-order valence-corrected chi connectivity index (χ1v) is 7.76. The van der Waals surface area contributed by atoms with Crippen LogP contribution in [0.1, 0.15) is 16.7 Å². The van der Waals surface area contributed by atoms with Crippen LogP contribution in [0.2, 0.25) is 0 Å². The van der Waals surface area contributed by atoms with Crippen LogP contribution < -0.4 is 5.32 Å². The van der Waals surface area contributed by atoms with Crippen LogP contribution in [-0.2, 0) is 27.3 Å². The molecule has 0 fully saturated rings. The smallest absolute Gasteiger partial charge is 0.408 e. The van der Waals surface area contributed by atoms with Crippen LogP contribution in [0.25, 0.3) is 0 Å². The highest BCUT2D eigenvalue weighted by Gasteiger charge is 2.03. The molecule has 2 aromatic rings. The lowest BCUT2D eigenvalue weighted by Gasteiger charge is -2.04. The number of ether oxygens (including phenoxy) is 2. The van der Waals surface area contributed by atoms with Crippen LogP contribution in [-0.4, -0.2) is 25.7 Å². The summed E-state index contributed by atoms with van der Waals surface area (Å²) >= 11 is 0. The van der Waals surface area contributed by atoms with Gasteiger partial charge in [0.25, 0.3) is 0 Å². The van der Waals surface area contributed by atoms with Gasteiger partial charge < -0.3 is 14.8 Å². The van der Waals surface area contributed by atoms with Gasteiger partial charge in [-0.1, -0.05) is 54.3 Å². The summed E-state index contributed by atoms with van der Waals surface area (Å²) in [6, 6.07) is 16.7. The standard InChI is InChI=1S/C20H19NO4/c1-24-19(22)14-18-10-5-9-16(13-18)11-6-12-21-20(23)25-15-17-7-3-2-4-8-17/h2-5,7-10,13H,12,14-15H2,1H3,(H,21,23). The Balaban J connectivity index is 1.77. The van der Waals surface area contributed by atoms with E-state index in [0.29, 0.717) is 0 Å². The predicted octanol–water partition coefficient (Wildman–Crippen LogP) is 2.68. The number of hydrogen-bond donors (Lipinski definition) is 1. The van der Waals surface area contributed by atoms with E-state index in [1.165, 1.54) is 7.11 Å². The molecule has 5 nitrogen and oxygen atoms in total. The largest absolute Gasteiger partial charge is 0.469 e. The van der Waals surface area contributed by atoms with E-state index in [4.69, 9.17) is 4.74 Å². The summed E-state index contributed by atoms with van der Waals surface area (Å²) in [5.41, 5.74) is 2.51. The van der Waals surface area contributed by atoms with Gasteiger partial charge in [0.2, 0.25) is 0 Å². The lowest BCUT2D eigenvalue weighted by molar-refractivity contribution is -0.139. The lowest BCUT2D eigenvalue weighted by Crippen LogP contribution is -2.24. The first-order valence-electron chi connectivity index (χ1n) is 7.76. The Kier molecular flexibility index (Phi) is 7.08. The fourth-order valence-electron chi connectivity index (χ4n) is 2.03. The van der Waals surface area contributed by atoms with Gasteiger partial charge in [0.1, 0.15) is 6.61 Å². The Labute approximate surface area is 147 Å². The molecule has 5 heteroatoms. The minimum absolute atomic E-state index is 0.175. The van der Waals surface area contributed by atoms with Crippen molar-refractivity contribution in [3.63, 3.8) is 0 Å². The normalized spacial score (nSPS) is 9.48. The minimum atomic E-state index is -0.516. The molecular weight excluding hydrogens is 318 g/mol. The Morgan fingerprint density at radius 3 is 2.56 bits per heavy atom. The van der Waals surface area contributed by atoms with Crippen molar-refractivity contribution in [2.24, 2.45) is 0 Å². The van der Waals surface area contributed by atoms with Crippen molar-refractivity contribution >= 4 is 12.1 Å². The average Bonchev–Trinajstić information content (AvgIpc) is 2.64. The highest BCUT2D eigenvalue weighted by atomic mass is 16.5. The third-order valence-electron chi connectivity index (χ3n) is 3.27. The second-order valence-electron chi connectivity index (χ2n) is 5.17. The van der Waals surface area contributed by atoms with Gasteiger partial charge in [-0.3, -0.25) is 4.79 Å². The fraction of sp³-hybridized carbons (Fsp3) is 0.200. The monoisotopic (exact) mass is 337 g/mol. The number of esters is 1. The van der Waals surface area contributed by atoms with Crippen LogP contribution in [0.5, 0.6) is 0 Å². The molecule has 0 aliphatic rings. The topological polar surface area (TPSA) is 64.6 Å². The maximum absolute atomic E-state index is 11.6. The van der Waals surface area contributed by atoms with Gasteiger partial charge in [-0.15, -0.1) is 0 Å². The van der Waals surface area contributed by atoms with Gasteiger partial charge in [0.05, 0.1) is 20.1 Å². The van der Waals surface area contributed by atoms with E-state index in [1.807, 2.05) is 54.6 Å².